The minimum atomic E-state index is -0.628. The van der Waals surface area contributed by atoms with Crippen LogP contribution in [0.3, 0.4) is 0 Å². The minimum Gasteiger partial charge on any atom is -0.466 e. The van der Waals surface area contributed by atoms with Gasteiger partial charge < -0.3 is 31.6 Å². The van der Waals surface area contributed by atoms with Gasteiger partial charge in [0.1, 0.15) is 0 Å². The zero-order chi connectivity index (χ0) is 22.5. The summed E-state index contributed by atoms with van der Waals surface area (Å²) in [4.78, 5) is 54.6. The topological polar surface area (TPSA) is 189 Å². The molecule has 0 saturated heterocycles. The van der Waals surface area contributed by atoms with Gasteiger partial charge in [0, 0.05) is 25.9 Å². The van der Waals surface area contributed by atoms with Crippen LogP contribution in [0.4, 0.5) is 11.6 Å². The number of nitrogens with one attached hydrogen (secondary N) is 2. The van der Waals surface area contributed by atoms with Gasteiger partial charge in [0.25, 0.3) is 11.8 Å². The molecule has 0 aliphatic rings. The molecule has 1 rings (SSSR count). The van der Waals surface area contributed by atoms with E-state index in [1.165, 1.54) is 0 Å². The quantitative estimate of drug-likeness (QED) is 0.258. The molecule has 0 bridgehead atoms. The van der Waals surface area contributed by atoms with E-state index in [9.17, 15) is 19.2 Å². The summed E-state index contributed by atoms with van der Waals surface area (Å²) in [6.45, 7) is 4.39. The number of nitrogens with two attached hydrogens (primary N) is 2. The maximum Gasteiger partial charge on any atom is 0.305 e. The van der Waals surface area contributed by atoms with E-state index in [1.807, 2.05) is 0 Å². The number of carbonyl (C=O) groups is 4. The van der Waals surface area contributed by atoms with Gasteiger partial charge in [-0.1, -0.05) is 0 Å². The fourth-order valence-corrected chi connectivity index (χ4v) is 2.30. The van der Waals surface area contributed by atoms with E-state index in [-0.39, 0.29) is 60.9 Å². The monoisotopic (exact) mass is 424 g/mol. The Morgan fingerprint density at radius 2 is 1.13 bits per heavy atom. The first-order valence-corrected chi connectivity index (χ1v) is 9.60. The number of carbonyl (C=O) groups excluding carboxylic acids is 4. The molecule has 166 valence electrons. The fourth-order valence-electron chi connectivity index (χ4n) is 2.30. The Kier molecular flexibility index (Phi) is 10.6. The van der Waals surface area contributed by atoms with Crippen LogP contribution in [0, 0.1) is 0 Å². The summed E-state index contributed by atoms with van der Waals surface area (Å²) in [7, 11) is 0. The molecule has 0 unspecified atom stereocenters. The highest BCUT2D eigenvalue weighted by Crippen LogP contribution is 2.13. The Balaban J connectivity index is 2.57. The Bertz CT molecular complexity index is 706. The van der Waals surface area contributed by atoms with Gasteiger partial charge in [0.2, 0.25) is 0 Å². The van der Waals surface area contributed by atoms with Crippen molar-refractivity contribution < 1.29 is 28.7 Å². The van der Waals surface area contributed by atoms with Crippen molar-refractivity contribution in [3.05, 3.63) is 11.4 Å². The maximum atomic E-state index is 12.2. The van der Waals surface area contributed by atoms with Gasteiger partial charge in [-0.15, -0.1) is 0 Å². The van der Waals surface area contributed by atoms with Gasteiger partial charge in [-0.2, -0.15) is 0 Å². The lowest BCUT2D eigenvalue weighted by Crippen LogP contribution is -2.30. The fraction of sp³-hybridized carbons (Fsp3) is 0.556. The van der Waals surface area contributed by atoms with Crippen LogP contribution in [0.5, 0.6) is 0 Å². The van der Waals surface area contributed by atoms with Crippen LogP contribution in [0.15, 0.2) is 0 Å². The number of rotatable bonds is 12. The number of ether oxygens (including phenoxy) is 2. The predicted octanol–water partition coefficient (Wildman–Crippen LogP) is -0.213. The smallest absolute Gasteiger partial charge is 0.305 e. The summed E-state index contributed by atoms with van der Waals surface area (Å²) < 4.78 is 9.58. The molecule has 0 aromatic carbocycles. The lowest BCUT2D eigenvalue weighted by molar-refractivity contribution is -0.144. The molecule has 0 saturated carbocycles. The highest BCUT2D eigenvalue weighted by Gasteiger charge is 2.20. The molecule has 30 heavy (non-hydrogen) atoms. The van der Waals surface area contributed by atoms with E-state index in [4.69, 9.17) is 20.9 Å². The van der Waals surface area contributed by atoms with Crippen molar-refractivity contribution in [2.24, 2.45) is 0 Å². The van der Waals surface area contributed by atoms with Gasteiger partial charge in [0.05, 0.1) is 13.2 Å². The number of anilines is 2. The van der Waals surface area contributed by atoms with Crippen molar-refractivity contribution in [2.45, 2.75) is 39.5 Å². The second kappa shape index (κ2) is 12.9. The third-order valence-corrected chi connectivity index (χ3v) is 3.68. The third kappa shape index (κ3) is 8.29. The number of nitrogen functional groups attached to an aromatic ring is 2. The van der Waals surface area contributed by atoms with Crippen LogP contribution in [0.25, 0.3) is 0 Å². The summed E-state index contributed by atoms with van der Waals surface area (Å²) in [5.41, 5.74) is 11.0. The zero-order valence-corrected chi connectivity index (χ0v) is 17.2. The van der Waals surface area contributed by atoms with E-state index in [0.717, 1.165) is 0 Å². The Morgan fingerprint density at radius 3 is 1.47 bits per heavy atom. The Morgan fingerprint density at radius 1 is 0.767 bits per heavy atom. The lowest BCUT2D eigenvalue weighted by atomic mass is 10.2. The van der Waals surface area contributed by atoms with Gasteiger partial charge in [-0.25, -0.2) is 9.97 Å². The van der Waals surface area contributed by atoms with Crippen molar-refractivity contribution in [3.8, 4) is 0 Å². The van der Waals surface area contributed by atoms with Crippen LogP contribution in [-0.2, 0) is 19.1 Å². The molecule has 0 spiro atoms. The first-order chi connectivity index (χ1) is 14.3. The number of hydrogen-bond donors (Lipinski definition) is 4. The molecule has 12 heteroatoms. The van der Waals surface area contributed by atoms with Crippen LogP contribution < -0.4 is 22.1 Å². The van der Waals surface area contributed by atoms with Crippen molar-refractivity contribution in [1.82, 2.24) is 20.6 Å². The average molecular weight is 424 g/mol. The van der Waals surface area contributed by atoms with Crippen LogP contribution in [-0.4, -0.2) is 60.0 Å². The number of esters is 2. The van der Waals surface area contributed by atoms with Gasteiger partial charge >= 0.3 is 11.9 Å². The standard InChI is InChI=1S/C18H28N6O6/c1-3-29-11(25)7-5-9-21-17(27)13-15(19)24-14(16(20)23-13)18(28)22-10-6-8-12(26)30-4-2/h3-10H2,1-2H3,(H2,20,23)(H2,19,24)(H,21,27)(H,22,28). The van der Waals surface area contributed by atoms with Crippen molar-refractivity contribution in [3.63, 3.8) is 0 Å². The molecule has 0 fully saturated rings. The average Bonchev–Trinajstić information content (AvgIpc) is 2.70. The molecular formula is C18H28N6O6. The highest BCUT2D eigenvalue weighted by molar-refractivity contribution is 6.00. The van der Waals surface area contributed by atoms with Crippen molar-refractivity contribution in [2.75, 3.05) is 37.8 Å². The van der Waals surface area contributed by atoms with E-state index in [1.54, 1.807) is 13.8 Å². The molecule has 12 nitrogen and oxygen atoms in total. The first-order valence-electron chi connectivity index (χ1n) is 9.60. The highest BCUT2D eigenvalue weighted by atomic mass is 16.5. The second-order valence-corrected chi connectivity index (χ2v) is 6.02. The van der Waals surface area contributed by atoms with E-state index in [0.29, 0.717) is 26.1 Å². The largest absolute Gasteiger partial charge is 0.466 e. The number of amides is 2. The van der Waals surface area contributed by atoms with Gasteiger partial charge in [-0.3, -0.25) is 19.2 Å². The molecule has 0 atom stereocenters. The predicted molar refractivity (Wildman–Crippen MR) is 107 cm³/mol. The Labute approximate surface area is 174 Å². The molecule has 0 radical (unpaired) electrons. The minimum absolute atomic E-state index is 0.159. The summed E-state index contributed by atoms with van der Waals surface area (Å²) in [6, 6.07) is 0. The SMILES string of the molecule is CCOC(=O)CCCNC(=O)c1nc(N)c(C(=O)NCCCC(=O)OCC)nc1N. The normalized spacial score (nSPS) is 10.2. The van der Waals surface area contributed by atoms with Crippen molar-refractivity contribution >= 4 is 35.4 Å². The van der Waals surface area contributed by atoms with Gasteiger partial charge in [-0.05, 0) is 26.7 Å². The van der Waals surface area contributed by atoms with Crippen LogP contribution >= 0.6 is 0 Å². The Hall–Kier alpha value is -3.44. The lowest BCUT2D eigenvalue weighted by Gasteiger charge is -2.10. The van der Waals surface area contributed by atoms with Gasteiger partial charge in [0.15, 0.2) is 23.0 Å². The molecule has 0 aliphatic heterocycles. The summed E-state index contributed by atoms with van der Waals surface area (Å²) in [6.07, 6.45) is 1.07. The summed E-state index contributed by atoms with van der Waals surface area (Å²) in [5, 5.41) is 5.09. The molecule has 6 N–H and O–H groups in total. The van der Waals surface area contributed by atoms with E-state index < -0.39 is 11.8 Å². The van der Waals surface area contributed by atoms with Crippen LogP contribution in [0.2, 0.25) is 0 Å². The second-order valence-electron chi connectivity index (χ2n) is 6.02. The number of hydrogen-bond acceptors (Lipinski definition) is 10. The third-order valence-electron chi connectivity index (χ3n) is 3.68. The molecular weight excluding hydrogens is 396 g/mol. The number of aromatic nitrogens is 2. The van der Waals surface area contributed by atoms with Crippen LogP contribution in [0.1, 0.15) is 60.5 Å². The molecule has 1 aromatic rings. The first kappa shape index (κ1) is 24.6. The molecule has 1 aromatic heterocycles. The molecule has 2 amide bonds. The van der Waals surface area contributed by atoms with E-state index in [2.05, 4.69) is 20.6 Å². The van der Waals surface area contributed by atoms with Crippen molar-refractivity contribution in [1.29, 1.82) is 0 Å². The zero-order valence-electron chi connectivity index (χ0n) is 17.2. The summed E-state index contributed by atoms with van der Waals surface area (Å²) in [5.74, 6) is -2.48. The molecule has 0 aliphatic carbocycles. The number of nitrogens with zero attached hydrogens (tertiary/aromatic N) is 2. The maximum absolute atomic E-state index is 12.2. The van der Waals surface area contributed by atoms with E-state index >= 15 is 0 Å². The summed E-state index contributed by atoms with van der Waals surface area (Å²) >= 11 is 0. The molecule has 1 heterocycles.